The van der Waals surface area contributed by atoms with Crippen LogP contribution in [-0.2, 0) is 33.5 Å². The molecule has 1 fully saturated rings. The van der Waals surface area contributed by atoms with Gasteiger partial charge < -0.3 is 0 Å². The first-order valence-corrected chi connectivity index (χ1v) is 16.3. The number of carbonyl (C=O) groups is 6. The molecule has 1 aliphatic heterocycles. The minimum atomic E-state index is -1.97. The summed E-state index contributed by atoms with van der Waals surface area (Å²) in [4.78, 5) is 82.1. The number of aliphatic hydroxyl groups excluding tert-OH is 1. The van der Waals surface area contributed by atoms with Gasteiger partial charge in [-0.05, 0) is 0 Å². The van der Waals surface area contributed by atoms with Crippen molar-refractivity contribution in [2.45, 2.75) is 97.0 Å². The van der Waals surface area contributed by atoms with Crippen LogP contribution in [0.25, 0.3) is 0 Å². The van der Waals surface area contributed by atoms with Crippen LogP contribution in [0.4, 0.5) is 4.79 Å². The molecule has 4 unspecified atom stereocenters. The number of hydroxylamine groups is 2. The van der Waals surface area contributed by atoms with Crippen LogP contribution < -0.4 is 15.6 Å². The number of hydrazine groups is 1. The Morgan fingerprint density at radius 2 is 1.70 bits per heavy atom. The minimum absolute atomic E-state index is 0.0318. The molecule has 0 spiro atoms. The van der Waals surface area contributed by atoms with Gasteiger partial charge in [0, 0.05) is 0 Å². The van der Waals surface area contributed by atoms with Crippen molar-refractivity contribution in [1.29, 1.82) is 0 Å². The molecular weight excluding hydrogens is 583 g/mol. The van der Waals surface area contributed by atoms with Gasteiger partial charge in [0.1, 0.15) is 0 Å². The maximum atomic E-state index is 13.7. The summed E-state index contributed by atoms with van der Waals surface area (Å²) < 4.78 is 3.89. The predicted octanol–water partition coefficient (Wildman–Crippen LogP) is 2.58. The van der Waals surface area contributed by atoms with Crippen molar-refractivity contribution in [3.05, 3.63) is 0 Å². The summed E-state index contributed by atoms with van der Waals surface area (Å²) in [7, 11) is 2.41. The van der Waals surface area contributed by atoms with Crippen LogP contribution in [-0.4, -0.2) is 73.8 Å². The quantitative estimate of drug-likeness (QED) is 0.0880. The van der Waals surface area contributed by atoms with Crippen LogP contribution in [0, 0.1) is 5.41 Å². The van der Waals surface area contributed by atoms with E-state index in [1.165, 1.54) is 6.92 Å². The monoisotopic (exact) mass is 624 g/mol. The molecule has 16 heteroatoms. The van der Waals surface area contributed by atoms with Gasteiger partial charge in [0.15, 0.2) is 0 Å². The van der Waals surface area contributed by atoms with Crippen LogP contribution in [0.1, 0.15) is 80.6 Å². The van der Waals surface area contributed by atoms with Gasteiger partial charge in [-0.2, -0.15) is 0 Å². The van der Waals surface area contributed by atoms with Gasteiger partial charge in [-0.3, -0.25) is 0 Å². The molecule has 228 valence electrons. The summed E-state index contributed by atoms with van der Waals surface area (Å²) in [5, 5.41) is 12.3. The van der Waals surface area contributed by atoms with Crippen molar-refractivity contribution in [3.8, 4) is 0 Å². The van der Waals surface area contributed by atoms with Gasteiger partial charge in [-0.15, -0.1) is 0 Å². The van der Waals surface area contributed by atoms with E-state index in [0.29, 0.717) is 11.5 Å². The Morgan fingerprint density at radius 1 is 1.12 bits per heavy atom. The zero-order chi connectivity index (χ0) is 30.9. The standard InChI is InChI=1S/C24H41N4O9PS2/c1-8-23(6,19(33)25-13-15(2)29)14-24(7,20(34)40(38)27-26-21(35)36-22(3,4)5)39-12-11-18(32)37-28-16(30)9-10-17(28)31/h15,27,29,40H,8-14H2,1-7H3,(H,25,33)(H,26,35). The van der Waals surface area contributed by atoms with E-state index in [-0.39, 0.29) is 43.9 Å². The average molecular weight is 625 g/mol. The summed E-state index contributed by atoms with van der Waals surface area (Å²) in [6.45, 7) is 11.7. The van der Waals surface area contributed by atoms with Gasteiger partial charge >= 0.3 is 243 Å². The Bertz CT molecular complexity index is 1060. The SMILES string of the molecule is CCC(C)(CC(C)(SCCC(=O)ON1C(=O)CCC1=O)C(=O)[SH](#P)NNC(=O)OC(C)(C)C)C(=O)NCC(C)O. The normalized spacial score (nSPS) is 18.2. The number of thioether (sulfide) groups is 1. The molecule has 1 heterocycles. The van der Waals surface area contributed by atoms with Gasteiger partial charge in [0.25, 0.3) is 0 Å². The molecule has 1 saturated heterocycles. The Morgan fingerprint density at radius 3 is 2.20 bits per heavy atom. The molecular formula is C24H41N4O9PS2. The molecule has 13 nitrogen and oxygen atoms in total. The first kappa shape index (κ1) is 36.1. The van der Waals surface area contributed by atoms with Gasteiger partial charge in [-0.1, -0.05) is 0 Å². The van der Waals surface area contributed by atoms with E-state index in [9.17, 15) is 33.9 Å². The summed E-state index contributed by atoms with van der Waals surface area (Å²) >= 11 is 1.09. The number of nitrogens with zero attached hydrogens (tertiary/aromatic N) is 1. The summed E-state index contributed by atoms with van der Waals surface area (Å²) in [5.74, 6) is -2.32. The number of hydrogen-bond donors (Lipinski definition) is 5. The number of carbonyl (C=O) groups excluding carboxylic acids is 6. The topological polar surface area (TPSA) is 180 Å². The van der Waals surface area contributed by atoms with E-state index in [1.54, 1.807) is 41.5 Å². The van der Waals surface area contributed by atoms with E-state index < -0.39 is 60.9 Å². The molecule has 0 aromatic rings. The molecule has 0 aromatic carbocycles. The Hall–Kier alpha value is -1.93. The van der Waals surface area contributed by atoms with Crippen molar-refractivity contribution in [2.24, 2.45) is 5.41 Å². The third-order valence-electron chi connectivity index (χ3n) is 5.85. The predicted molar refractivity (Wildman–Crippen MR) is 154 cm³/mol. The molecule has 1 rings (SSSR count). The molecule has 4 N–H and O–H groups in total. The second kappa shape index (κ2) is 15.3. The average Bonchev–Trinajstić information content (AvgIpc) is 3.16. The van der Waals surface area contributed by atoms with Crippen molar-refractivity contribution in [1.82, 2.24) is 20.6 Å². The second-order valence-electron chi connectivity index (χ2n) is 10.9. The van der Waals surface area contributed by atoms with Crippen molar-refractivity contribution >= 4 is 64.5 Å². The molecule has 0 aromatic heterocycles. The van der Waals surface area contributed by atoms with Crippen LogP contribution >= 0.6 is 29.6 Å². The number of ether oxygens (including phenoxy) is 1. The molecule has 40 heavy (non-hydrogen) atoms. The van der Waals surface area contributed by atoms with Crippen LogP contribution in [0.15, 0.2) is 0 Å². The van der Waals surface area contributed by atoms with E-state index in [4.69, 9.17) is 9.57 Å². The summed E-state index contributed by atoms with van der Waals surface area (Å²) in [5.41, 5.74) is 0.507. The van der Waals surface area contributed by atoms with Gasteiger partial charge in [-0.25, -0.2) is 0 Å². The van der Waals surface area contributed by atoms with E-state index in [2.05, 4.69) is 23.4 Å². The van der Waals surface area contributed by atoms with Crippen LogP contribution in [0.2, 0.25) is 0 Å². The van der Waals surface area contributed by atoms with Crippen molar-refractivity contribution in [2.75, 3.05) is 12.3 Å². The number of thiol groups is 1. The molecule has 4 amide bonds. The zero-order valence-corrected chi connectivity index (χ0v) is 26.6. The third kappa shape index (κ3) is 11.5. The fraction of sp³-hybridized carbons (Fsp3) is 0.750. The molecule has 0 aliphatic carbocycles. The number of aliphatic hydroxyl groups is 1. The van der Waals surface area contributed by atoms with E-state index in [1.807, 2.05) is 0 Å². The number of nitrogens with one attached hydrogen (secondary N) is 3. The van der Waals surface area contributed by atoms with E-state index in [0.717, 1.165) is 11.8 Å². The molecule has 4 atom stereocenters. The summed E-state index contributed by atoms with van der Waals surface area (Å²) in [6.07, 6.45) is -1.46. The third-order valence-corrected chi connectivity index (χ3v) is 9.42. The van der Waals surface area contributed by atoms with Gasteiger partial charge in [0.05, 0.1) is 0 Å². The second-order valence-corrected chi connectivity index (χ2v) is 14.9. The fourth-order valence-electron chi connectivity index (χ4n) is 3.59. The molecule has 0 bridgehead atoms. The molecule has 0 saturated carbocycles. The van der Waals surface area contributed by atoms with Crippen molar-refractivity contribution in [3.63, 3.8) is 0 Å². The maximum absolute atomic E-state index is 13.7. The summed E-state index contributed by atoms with van der Waals surface area (Å²) in [6, 6.07) is 0. The molecule has 0 radical (unpaired) electrons. The first-order chi connectivity index (χ1) is 18.3. The fourth-order valence-corrected chi connectivity index (χ4v) is 7.17. The number of rotatable bonds is 13. The Labute approximate surface area is 243 Å². The number of amides is 4. The number of hydrogen-bond acceptors (Lipinski definition) is 11. The zero-order valence-electron chi connectivity index (χ0n) is 24.0. The van der Waals surface area contributed by atoms with E-state index >= 15 is 0 Å². The van der Waals surface area contributed by atoms with Crippen molar-refractivity contribution < 1.29 is 43.4 Å². The number of imide groups is 1. The Kier molecular flexibility index (Phi) is 13.8. The first-order valence-electron chi connectivity index (χ1n) is 12.8. The van der Waals surface area contributed by atoms with Crippen LogP contribution in [0.3, 0.4) is 0 Å². The van der Waals surface area contributed by atoms with Crippen LogP contribution in [0.5, 0.6) is 0 Å². The Balaban J connectivity index is 3.05. The molecule has 1 aliphatic rings. The van der Waals surface area contributed by atoms with Gasteiger partial charge in [0.2, 0.25) is 0 Å².